The summed E-state index contributed by atoms with van der Waals surface area (Å²) >= 11 is 1.83. The van der Waals surface area contributed by atoms with Gasteiger partial charge in [-0.3, -0.25) is 4.79 Å². The van der Waals surface area contributed by atoms with Gasteiger partial charge in [0.05, 0.1) is 5.75 Å². The second-order valence-electron chi connectivity index (χ2n) is 3.03. The number of rotatable bonds is 2. The number of fused-ring (bicyclic) bond motifs is 1. The van der Waals surface area contributed by atoms with Crippen LogP contribution in [-0.2, 0) is 23.4 Å². The molecule has 0 aliphatic carbocycles. The van der Waals surface area contributed by atoms with Crippen LogP contribution in [0, 0.1) is 0 Å². The molecule has 1 aromatic heterocycles. The molecule has 3 nitrogen and oxygen atoms in total. The topological polar surface area (TPSA) is 50.4 Å². The molecule has 1 aromatic rings. The Kier molecular flexibility index (Phi) is 2.31. The van der Waals surface area contributed by atoms with E-state index in [1.807, 2.05) is 17.8 Å². The zero-order chi connectivity index (χ0) is 9.26. The van der Waals surface area contributed by atoms with E-state index in [0.717, 1.165) is 23.7 Å². The maximum atomic E-state index is 10.4. The number of aliphatic carboxylic acids is 1. The van der Waals surface area contributed by atoms with Crippen LogP contribution in [0.3, 0.4) is 0 Å². The first-order valence-electron chi connectivity index (χ1n) is 4.15. The van der Waals surface area contributed by atoms with Gasteiger partial charge in [-0.1, -0.05) is 0 Å². The van der Waals surface area contributed by atoms with Gasteiger partial charge in [-0.2, -0.15) is 11.8 Å². The first kappa shape index (κ1) is 8.69. The molecule has 4 heteroatoms. The molecule has 2 rings (SSSR count). The summed E-state index contributed by atoms with van der Waals surface area (Å²) in [5, 5.41) is 8.56. The summed E-state index contributed by atoms with van der Waals surface area (Å²) in [4.78, 5) is 10.4. The van der Waals surface area contributed by atoms with Crippen molar-refractivity contribution in [3.05, 3.63) is 23.2 Å². The van der Waals surface area contributed by atoms with E-state index in [9.17, 15) is 4.79 Å². The molecule has 13 heavy (non-hydrogen) atoms. The Labute approximate surface area is 80.1 Å². The molecule has 0 unspecified atom stereocenters. The largest absolute Gasteiger partial charge is 0.481 e. The molecule has 1 aliphatic heterocycles. The number of carbonyl (C=O) groups is 1. The number of carboxylic acids is 1. The molecule has 0 spiro atoms. The van der Waals surface area contributed by atoms with E-state index in [1.54, 1.807) is 0 Å². The van der Waals surface area contributed by atoms with Crippen LogP contribution in [-0.4, -0.2) is 16.8 Å². The van der Waals surface area contributed by atoms with Gasteiger partial charge in [0, 0.05) is 0 Å². The van der Waals surface area contributed by atoms with E-state index in [4.69, 9.17) is 9.52 Å². The minimum absolute atomic E-state index is 0.00231. The molecule has 0 aromatic carbocycles. The van der Waals surface area contributed by atoms with Crippen molar-refractivity contribution in [3.8, 4) is 0 Å². The third-order valence-corrected chi connectivity index (χ3v) is 2.98. The molecule has 0 radical (unpaired) electrons. The monoisotopic (exact) mass is 198 g/mol. The van der Waals surface area contributed by atoms with Crippen molar-refractivity contribution < 1.29 is 14.3 Å². The molecule has 70 valence electrons. The van der Waals surface area contributed by atoms with E-state index >= 15 is 0 Å². The summed E-state index contributed by atoms with van der Waals surface area (Å²) in [5.41, 5.74) is 1.19. The first-order valence-corrected chi connectivity index (χ1v) is 5.31. The van der Waals surface area contributed by atoms with E-state index < -0.39 is 5.97 Å². The fourth-order valence-electron chi connectivity index (χ4n) is 1.44. The Hall–Kier alpha value is -0.900. The fourth-order valence-corrected chi connectivity index (χ4v) is 2.38. The normalized spacial score (nSPS) is 15.4. The van der Waals surface area contributed by atoms with Gasteiger partial charge in [0.15, 0.2) is 0 Å². The number of aryl methyl sites for hydroxylation is 1. The van der Waals surface area contributed by atoms with Crippen LogP contribution in [0.25, 0.3) is 0 Å². The molecule has 0 amide bonds. The van der Waals surface area contributed by atoms with Crippen LogP contribution < -0.4 is 0 Å². The van der Waals surface area contributed by atoms with Gasteiger partial charge < -0.3 is 9.52 Å². The average Bonchev–Trinajstić information content (AvgIpc) is 2.44. The standard InChI is InChI=1S/C9H10O3S/c10-9(11)4-7-3-6-1-2-13-5-8(6)12-7/h3H,1-2,4-5H2,(H,10,11). The molecule has 1 aliphatic rings. The van der Waals surface area contributed by atoms with Crippen LogP contribution in [0.4, 0.5) is 0 Å². The van der Waals surface area contributed by atoms with Gasteiger partial charge in [-0.25, -0.2) is 0 Å². The van der Waals surface area contributed by atoms with Crippen molar-refractivity contribution >= 4 is 17.7 Å². The summed E-state index contributed by atoms with van der Waals surface area (Å²) in [7, 11) is 0. The third kappa shape index (κ3) is 1.88. The van der Waals surface area contributed by atoms with Crippen molar-refractivity contribution in [2.75, 3.05) is 5.75 Å². The quantitative estimate of drug-likeness (QED) is 0.785. The Morgan fingerprint density at radius 1 is 1.69 bits per heavy atom. The summed E-state index contributed by atoms with van der Waals surface area (Å²) in [6.07, 6.45) is 1.00. The van der Waals surface area contributed by atoms with E-state index in [-0.39, 0.29) is 6.42 Å². The Morgan fingerprint density at radius 3 is 3.23 bits per heavy atom. The zero-order valence-corrected chi connectivity index (χ0v) is 7.89. The van der Waals surface area contributed by atoms with E-state index in [2.05, 4.69) is 0 Å². The van der Waals surface area contributed by atoms with E-state index in [1.165, 1.54) is 5.56 Å². The number of hydrogen-bond donors (Lipinski definition) is 1. The van der Waals surface area contributed by atoms with Crippen LogP contribution >= 0.6 is 11.8 Å². The fraction of sp³-hybridized carbons (Fsp3) is 0.444. The third-order valence-electron chi connectivity index (χ3n) is 2.02. The van der Waals surface area contributed by atoms with Crippen molar-refractivity contribution in [2.45, 2.75) is 18.6 Å². The van der Waals surface area contributed by atoms with Gasteiger partial charge in [0.2, 0.25) is 0 Å². The summed E-state index contributed by atoms with van der Waals surface area (Å²) in [6.45, 7) is 0. The van der Waals surface area contributed by atoms with E-state index in [0.29, 0.717) is 5.76 Å². The van der Waals surface area contributed by atoms with Gasteiger partial charge in [-0.05, 0) is 23.8 Å². The van der Waals surface area contributed by atoms with Crippen molar-refractivity contribution in [1.82, 2.24) is 0 Å². The number of furan rings is 1. The van der Waals surface area contributed by atoms with Crippen molar-refractivity contribution in [1.29, 1.82) is 0 Å². The van der Waals surface area contributed by atoms with Crippen LogP contribution in [0.1, 0.15) is 17.1 Å². The summed E-state index contributed by atoms with van der Waals surface area (Å²) < 4.78 is 5.42. The molecule has 1 N–H and O–H groups in total. The van der Waals surface area contributed by atoms with Crippen LogP contribution in [0.15, 0.2) is 10.5 Å². The average molecular weight is 198 g/mol. The van der Waals surface area contributed by atoms with Crippen LogP contribution in [0.5, 0.6) is 0 Å². The predicted octanol–water partition coefficient (Wildman–Crippen LogP) is 1.70. The number of hydrogen-bond acceptors (Lipinski definition) is 3. The Morgan fingerprint density at radius 2 is 2.54 bits per heavy atom. The molecule has 0 saturated heterocycles. The molecule has 2 heterocycles. The smallest absolute Gasteiger partial charge is 0.311 e. The highest BCUT2D eigenvalue weighted by molar-refractivity contribution is 7.98. The van der Waals surface area contributed by atoms with Gasteiger partial charge in [-0.15, -0.1) is 0 Å². The summed E-state index contributed by atoms with van der Waals surface area (Å²) in [6, 6.07) is 1.88. The molecule has 0 fully saturated rings. The molecule has 0 bridgehead atoms. The van der Waals surface area contributed by atoms with Gasteiger partial charge >= 0.3 is 5.97 Å². The Balaban J connectivity index is 2.20. The first-order chi connectivity index (χ1) is 6.25. The summed E-state index contributed by atoms with van der Waals surface area (Å²) in [5.74, 6) is 2.71. The highest BCUT2D eigenvalue weighted by atomic mass is 32.2. The van der Waals surface area contributed by atoms with Gasteiger partial charge in [0.25, 0.3) is 0 Å². The lowest BCUT2D eigenvalue weighted by Crippen LogP contribution is -1.98. The second-order valence-corrected chi connectivity index (χ2v) is 4.14. The second kappa shape index (κ2) is 3.46. The predicted molar refractivity (Wildman–Crippen MR) is 49.9 cm³/mol. The van der Waals surface area contributed by atoms with Crippen molar-refractivity contribution in [3.63, 3.8) is 0 Å². The molecule has 0 saturated carbocycles. The van der Waals surface area contributed by atoms with Gasteiger partial charge in [0.1, 0.15) is 17.9 Å². The minimum atomic E-state index is -0.834. The number of thioether (sulfide) groups is 1. The lowest BCUT2D eigenvalue weighted by atomic mass is 10.2. The number of carboxylic acid groups (broad SMARTS) is 1. The molecule has 0 atom stereocenters. The lowest BCUT2D eigenvalue weighted by molar-refractivity contribution is -0.136. The minimum Gasteiger partial charge on any atom is -0.481 e. The lowest BCUT2D eigenvalue weighted by Gasteiger charge is -2.07. The SMILES string of the molecule is O=C(O)Cc1cc2c(o1)CSCC2. The maximum absolute atomic E-state index is 10.4. The van der Waals surface area contributed by atoms with Crippen molar-refractivity contribution in [2.24, 2.45) is 0 Å². The highest BCUT2D eigenvalue weighted by Crippen LogP contribution is 2.27. The van der Waals surface area contributed by atoms with Crippen LogP contribution in [0.2, 0.25) is 0 Å². The zero-order valence-electron chi connectivity index (χ0n) is 7.08. The maximum Gasteiger partial charge on any atom is 0.311 e. The molecular weight excluding hydrogens is 188 g/mol. The Bertz CT molecular complexity index is 306. The highest BCUT2D eigenvalue weighted by Gasteiger charge is 2.16. The molecular formula is C9H10O3S.